The highest BCUT2D eigenvalue weighted by atomic mass is 16.3. The van der Waals surface area contributed by atoms with Crippen LogP contribution in [0, 0.1) is 27.7 Å². The van der Waals surface area contributed by atoms with Gasteiger partial charge in [0, 0.05) is 28.0 Å². The normalized spacial score (nSPS) is 11.6. The van der Waals surface area contributed by atoms with Gasteiger partial charge in [-0.3, -0.25) is 0 Å². The van der Waals surface area contributed by atoms with E-state index in [2.05, 4.69) is 68.4 Å². The van der Waals surface area contributed by atoms with Gasteiger partial charge in [-0.2, -0.15) is 0 Å². The van der Waals surface area contributed by atoms with Gasteiger partial charge in [0.05, 0.1) is 0 Å². The van der Waals surface area contributed by atoms with E-state index in [1.165, 1.54) is 22.3 Å². The fraction of sp³-hybridized carbons (Fsp3) is 0.154. The Hall–Kier alpha value is -3.26. The topological polar surface area (TPSA) is 26.3 Å². The van der Waals surface area contributed by atoms with Gasteiger partial charge in [-0.1, -0.05) is 59.7 Å². The molecule has 0 spiro atoms. The van der Waals surface area contributed by atoms with Crippen LogP contribution in [0.1, 0.15) is 22.6 Å². The van der Waals surface area contributed by atoms with E-state index in [4.69, 9.17) is 8.83 Å². The molecule has 0 N–H and O–H groups in total. The van der Waals surface area contributed by atoms with Crippen molar-refractivity contribution in [1.82, 2.24) is 0 Å². The maximum Gasteiger partial charge on any atom is 0.138 e. The number of fused-ring (bicyclic) bond motifs is 2. The molecule has 0 aliphatic heterocycles. The van der Waals surface area contributed by atoms with E-state index in [1.54, 1.807) is 0 Å². The standard InChI is InChI=1S/C26H22O2/c1-15-5-9-19(10-6-15)25-17(3)27-23-14-24-22(13-21(23)25)26(18(4)28-24)20-11-7-16(2)8-12-20/h5-14H,1-4H3. The van der Waals surface area contributed by atoms with Crippen LogP contribution in [0.5, 0.6) is 0 Å². The Kier molecular flexibility index (Phi) is 3.70. The van der Waals surface area contributed by atoms with Gasteiger partial charge in [-0.05, 0) is 44.9 Å². The average Bonchev–Trinajstić information content (AvgIpc) is 3.16. The van der Waals surface area contributed by atoms with Crippen LogP contribution in [0.4, 0.5) is 0 Å². The first kappa shape index (κ1) is 16.9. The molecule has 0 aliphatic rings. The van der Waals surface area contributed by atoms with Crippen LogP contribution in [0.25, 0.3) is 44.2 Å². The lowest BCUT2D eigenvalue weighted by Crippen LogP contribution is -1.81. The van der Waals surface area contributed by atoms with Crippen LogP contribution in [-0.2, 0) is 0 Å². The zero-order chi connectivity index (χ0) is 19.4. The van der Waals surface area contributed by atoms with E-state index in [-0.39, 0.29) is 0 Å². The van der Waals surface area contributed by atoms with Crippen molar-refractivity contribution in [2.75, 3.05) is 0 Å². The molecular formula is C26H22O2. The molecule has 5 aromatic rings. The molecule has 28 heavy (non-hydrogen) atoms. The fourth-order valence-electron chi connectivity index (χ4n) is 4.09. The Labute approximate surface area is 164 Å². The molecule has 0 amide bonds. The van der Waals surface area contributed by atoms with Crippen molar-refractivity contribution in [1.29, 1.82) is 0 Å². The van der Waals surface area contributed by atoms with E-state index < -0.39 is 0 Å². The largest absolute Gasteiger partial charge is 0.461 e. The van der Waals surface area contributed by atoms with Gasteiger partial charge in [-0.25, -0.2) is 0 Å². The summed E-state index contributed by atoms with van der Waals surface area (Å²) in [7, 11) is 0. The number of rotatable bonds is 2. The molecule has 0 fully saturated rings. The van der Waals surface area contributed by atoms with Gasteiger partial charge in [0.15, 0.2) is 0 Å². The molecule has 5 rings (SSSR count). The smallest absolute Gasteiger partial charge is 0.138 e. The molecule has 0 saturated carbocycles. The van der Waals surface area contributed by atoms with Crippen molar-refractivity contribution in [3.63, 3.8) is 0 Å². The van der Waals surface area contributed by atoms with E-state index in [0.717, 1.165) is 44.6 Å². The van der Waals surface area contributed by atoms with E-state index in [1.807, 2.05) is 19.9 Å². The maximum atomic E-state index is 6.10. The summed E-state index contributed by atoms with van der Waals surface area (Å²) in [6, 6.07) is 21.5. The minimum atomic E-state index is 0.866. The summed E-state index contributed by atoms with van der Waals surface area (Å²) in [5, 5.41) is 2.26. The molecule has 2 heterocycles. The number of hydrogen-bond donors (Lipinski definition) is 0. The molecule has 2 aromatic heterocycles. The lowest BCUT2D eigenvalue weighted by molar-refractivity contribution is 0.570. The summed E-state index contributed by atoms with van der Waals surface area (Å²) in [5.41, 5.74) is 8.91. The fourth-order valence-corrected chi connectivity index (χ4v) is 4.09. The molecule has 0 radical (unpaired) electrons. The van der Waals surface area contributed by atoms with E-state index >= 15 is 0 Å². The summed E-state index contributed by atoms with van der Waals surface area (Å²) in [6.07, 6.45) is 0. The molecule has 138 valence electrons. The lowest BCUT2D eigenvalue weighted by atomic mass is 9.97. The Bertz CT molecular complexity index is 1210. The van der Waals surface area contributed by atoms with Crippen LogP contribution in [0.15, 0.2) is 69.5 Å². The van der Waals surface area contributed by atoms with Crippen LogP contribution in [-0.4, -0.2) is 0 Å². The van der Waals surface area contributed by atoms with E-state index in [0.29, 0.717) is 0 Å². The minimum Gasteiger partial charge on any atom is -0.461 e. The van der Waals surface area contributed by atoms with Crippen LogP contribution in [0.3, 0.4) is 0 Å². The quantitative estimate of drug-likeness (QED) is 0.319. The summed E-state index contributed by atoms with van der Waals surface area (Å²) in [6.45, 7) is 8.28. The zero-order valence-corrected chi connectivity index (χ0v) is 16.6. The van der Waals surface area contributed by atoms with Crippen LogP contribution < -0.4 is 0 Å². The Morgan fingerprint density at radius 3 is 1.29 bits per heavy atom. The molecule has 3 aromatic carbocycles. The highest BCUT2D eigenvalue weighted by Crippen LogP contribution is 2.41. The van der Waals surface area contributed by atoms with Gasteiger partial charge < -0.3 is 8.83 Å². The third-order valence-electron chi connectivity index (χ3n) is 5.53. The van der Waals surface area contributed by atoms with Crippen molar-refractivity contribution in [3.8, 4) is 22.3 Å². The summed E-state index contributed by atoms with van der Waals surface area (Å²) in [4.78, 5) is 0. The first-order valence-corrected chi connectivity index (χ1v) is 9.61. The third-order valence-corrected chi connectivity index (χ3v) is 5.53. The van der Waals surface area contributed by atoms with Gasteiger partial charge in [0.1, 0.15) is 22.7 Å². The second kappa shape index (κ2) is 6.13. The predicted octanol–water partition coefficient (Wildman–Crippen LogP) is 7.75. The highest BCUT2D eigenvalue weighted by Gasteiger charge is 2.19. The monoisotopic (exact) mass is 366 g/mol. The van der Waals surface area contributed by atoms with Crippen molar-refractivity contribution in [3.05, 3.63) is 83.3 Å². The highest BCUT2D eigenvalue weighted by molar-refractivity contribution is 6.07. The van der Waals surface area contributed by atoms with Gasteiger partial charge in [-0.15, -0.1) is 0 Å². The SMILES string of the molecule is Cc1ccc(-c2c(C)oc3cc4oc(C)c(-c5ccc(C)cc5)c4cc23)cc1. The van der Waals surface area contributed by atoms with Crippen LogP contribution >= 0.6 is 0 Å². The number of benzene rings is 3. The summed E-state index contributed by atoms with van der Waals surface area (Å²) >= 11 is 0. The minimum absolute atomic E-state index is 0.866. The Balaban J connectivity index is 1.80. The second-order valence-electron chi connectivity index (χ2n) is 7.64. The van der Waals surface area contributed by atoms with Crippen molar-refractivity contribution < 1.29 is 8.83 Å². The molecule has 0 bridgehead atoms. The molecule has 0 aliphatic carbocycles. The second-order valence-corrected chi connectivity index (χ2v) is 7.64. The summed E-state index contributed by atoms with van der Waals surface area (Å²) in [5.74, 6) is 1.86. The van der Waals surface area contributed by atoms with Crippen LogP contribution in [0.2, 0.25) is 0 Å². The molecule has 0 saturated heterocycles. The number of hydrogen-bond acceptors (Lipinski definition) is 2. The lowest BCUT2D eigenvalue weighted by Gasteiger charge is -2.03. The third kappa shape index (κ3) is 2.56. The Morgan fingerprint density at radius 2 is 0.893 bits per heavy atom. The van der Waals surface area contributed by atoms with Gasteiger partial charge in [0.2, 0.25) is 0 Å². The first-order valence-electron chi connectivity index (χ1n) is 9.61. The molecule has 0 unspecified atom stereocenters. The van der Waals surface area contributed by atoms with Gasteiger partial charge in [0.25, 0.3) is 0 Å². The molecule has 2 nitrogen and oxygen atoms in total. The van der Waals surface area contributed by atoms with Crippen molar-refractivity contribution >= 4 is 21.9 Å². The Morgan fingerprint density at radius 1 is 0.500 bits per heavy atom. The van der Waals surface area contributed by atoms with Crippen molar-refractivity contribution in [2.24, 2.45) is 0 Å². The predicted molar refractivity (Wildman–Crippen MR) is 116 cm³/mol. The van der Waals surface area contributed by atoms with Gasteiger partial charge >= 0.3 is 0 Å². The van der Waals surface area contributed by atoms with E-state index in [9.17, 15) is 0 Å². The zero-order valence-electron chi connectivity index (χ0n) is 16.6. The number of aryl methyl sites for hydroxylation is 4. The summed E-state index contributed by atoms with van der Waals surface area (Å²) < 4.78 is 12.2. The van der Waals surface area contributed by atoms with Crippen molar-refractivity contribution in [2.45, 2.75) is 27.7 Å². The molecule has 2 heteroatoms. The number of furan rings is 2. The maximum absolute atomic E-state index is 6.10. The molecule has 0 atom stereocenters. The molecular weight excluding hydrogens is 344 g/mol. The average molecular weight is 366 g/mol. The first-order chi connectivity index (χ1) is 13.5.